The summed E-state index contributed by atoms with van der Waals surface area (Å²) in [5.74, 6) is 0. The Bertz CT molecular complexity index is 1830. The van der Waals surface area contributed by atoms with Crippen LogP contribution in [-0.2, 0) is 0 Å². The standard InChI is InChI=1S/C30H29N3OSi/c1-16-8-11-23(28-24(16)21-12-9-18(3)33-30(21)34-28)26-22-13-10-20-14-17(2)29(35(5,6)7)19(4)25(20)27(22)32-15-31-26/h8-15H,1-7H3. The summed E-state index contributed by atoms with van der Waals surface area (Å²) in [5, 5.41) is 7.18. The summed E-state index contributed by atoms with van der Waals surface area (Å²) in [6.07, 6.45) is 1.70. The van der Waals surface area contributed by atoms with Gasteiger partial charge in [-0.25, -0.2) is 15.0 Å². The molecule has 0 fully saturated rings. The molecule has 6 aromatic rings. The summed E-state index contributed by atoms with van der Waals surface area (Å²) in [6.45, 7) is 15.9. The quantitative estimate of drug-likeness (QED) is 0.192. The van der Waals surface area contributed by atoms with Crippen molar-refractivity contribution in [1.29, 1.82) is 0 Å². The highest BCUT2D eigenvalue weighted by Crippen LogP contribution is 2.39. The van der Waals surface area contributed by atoms with Crippen molar-refractivity contribution in [2.75, 3.05) is 0 Å². The second-order valence-corrected chi connectivity index (χ2v) is 15.8. The van der Waals surface area contributed by atoms with Crippen molar-refractivity contribution in [3.8, 4) is 11.3 Å². The lowest BCUT2D eigenvalue weighted by atomic mass is 9.96. The molecule has 0 saturated carbocycles. The van der Waals surface area contributed by atoms with E-state index in [0.717, 1.165) is 44.2 Å². The Morgan fingerprint density at radius 3 is 2.31 bits per heavy atom. The van der Waals surface area contributed by atoms with E-state index in [1.54, 1.807) is 6.33 Å². The van der Waals surface area contributed by atoms with Gasteiger partial charge in [-0.15, -0.1) is 0 Å². The van der Waals surface area contributed by atoms with E-state index in [0.29, 0.717) is 5.71 Å². The van der Waals surface area contributed by atoms with E-state index < -0.39 is 8.07 Å². The summed E-state index contributed by atoms with van der Waals surface area (Å²) in [7, 11) is -1.54. The maximum absolute atomic E-state index is 6.37. The van der Waals surface area contributed by atoms with Crippen LogP contribution in [0.15, 0.2) is 53.2 Å². The van der Waals surface area contributed by atoms with Crippen LogP contribution in [-0.4, -0.2) is 23.0 Å². The zero-order valence-corrected chi connectivity index (χ0v) is 22.4. The van der Waals surface area contributed by atoms with E-state index in [-0.39, 0.29) is 0 Å². The molecule has 0 radical (unpaired) electrons. The lowest BCUT2D eigenvalue weighted by Crippen LogP contribution is -2.41. The van der Waals surface area contributed by atoms with Gasteiger partial charge >= 0.3 is 0 Å². The van der Waals surface area contributed by atoms with Gasteiger partial charge in [0.1, 0.15) is 11.9 Å². The van der Waals surface area contributed by atoms with Crippen molar-refractivity contribution in [2.45, 2.75) is 47.3 Å². The Morgan fingerprint density at radius 2 is 1.54 bits per heavy atom. The van der Waals surface area contributed by atoms with Crippen molar-refractivity contribution < 1.29 is 4.42 Å². The van der Waals surface area contributed by atoms with Crippen molar-refractivity contribution in [2.24, 2.45) is 0 Å². The van der Waals surface area contributed by atoms with Crippen LogP contribution in [0.3, 0.4) is 0 Å². The number of aromatic nitrogens is 3. The molecule has 0 aliphatic heterocycles. The summed E-state index contributed by atoms with van der Waals surface area (Å²) < 4.78 is 6.37. The van der Waals surface area contributed by atoms with Crippen molar-refractivity contribution >= 4 is 57.0 Å². The average molecular weight is 476 g/mol. The maximum Gasteiger partial charge on any atom is 0.227 e. The van der Waals surface area contributed by atoms with Crippen molar-refractivity contribution in [3.05, 3.63) is 71.2 Å². The Morgan fingerprint density at radius 1 is 0.771 bits per heavy atom. The molecule has 3 aromatic heterocycles. The van der Waals surface area contributed by atoms with E-state index in [1.165, 1.54) is 32.6 Å². The molecule has 3 heterocycles. The molecule has 0 unspecified atom stereocenters. The lowest BCUT2D eigenvalue weighted by Gasteiger charge is -2.24. The second kappa shape index (κ2) is 7.46. The fraction of sp³-hybridized carbons (Fsp3) is 0.233. The Kier molecular flexibility index (Phi) is 4.67. The van der Waals surface area contributed by atoms with E-state index in [9.17, 15) is 0 Å². The fourth-order valence-electron chi connectivity index (χ4n) is 5.96. The molecule has 4 nitrogen and oxygen atoms in total. The number of fused-ring (bicyclic) bond motifs is 6. The third kappa shape index (κ3) is 3.22. The Balaban J connectivity index is 1.72. The van der Waals surface area contributed by atoms with Gasteiger partial charge in [-0.2, -0.15) is 0 Å². The third-order valence-electron chi connectivity index (χ3n) is 7.19. The molecule has 6 rings (SSSR count). The van der Waals surface area contributed by atoms with Crippen LogP contribution < -0.4 is 5.19 Å². The smallest absolute Gasteiger partial charge is 0.227 e. The minimum absolute atomic E-state index is 0.672. The van der Waals surface area contributed by atoms with Gasteiger partial charge < -0.3 is 4.42 Å². The van der Waals surface area contributed by atoms with Gasteiger partial charge in [-0.05, 0) is 68.5 Å². The van der Waals surface area contributed by atoms with Gasteiger partial charge in [0, 0.05) is 32.8 Å². The van der Waals surface area contributed by atoms with Gasteiger partial charge in [-0.1, -0.05) is 48.6 Å². The molecular weight excluding hydrogens is 446 g/mol. The minimum atomic E-state index is -1.54. The topological polar surface area (TPSA) is 51.8 Å². The molecule has 0 atom stereocenters. The second-order valence-electron chi connectivity index (χ2n) is 10.8. The predicted octanol–water partition coefficient (Wildman–Crippen LogP) is 7.52. The van der Waals surface area contributed by atoms with E-state index in [2.05, 4.69) is 81.8 Å². The summed E-state index contributed by atoms with van der Waals surface area (Å²) in [4.78, 5) is 14.3. The van der Waals surface area contributed by atoms with Crippen LogP contribution in [0.25, 0.3) is 55.0 Å². The molecule has 5 heteroatoms. The highest BCUT2D eigenvalue weighted by molar-refractivity contribution is 6.89. The van der Waals surface area contributed by atoms with Gasteiger partial charge in [0.2, 0.25) is 5.71 Å². The normalized spacial score (nSPS) is 12.4. The molecule has 0 aliphatic rings. The number of pyridine rings is 1. The first kappa shape index (κ1) is 21.9. The Hall–Kier alpha value is -3.57. The SMILES string of the molecule is Cc1ccc2c(n1)oc1c(-c3ncnc4c3ccc3cc(C)c([Si](C)(C)C)c(C)c34)ccc(C)c12. The zero-order chi connectivity index (χ0) is 24.6. The number of nitrogens with zero attached hydrogens (tertiary/aromatic N) is 3. The van der Waals surface area contributed by atoms with Crippen LogP contribution in [0.1, 0.15) is 22.4 Å². The van der Waals surface area contributed by atoms with Crippen LogP contribution in [0.4, 0.5) is 0 Å². The Labute approximate surface area is 206 Å². The fourth-order valence-corrected chi connectivity index (χ4v) is 8.47. The molecular formula is C30H29N3OSi. The molecule has 0 aliphatic carbocycles. The third-order valence-corrected chi connectivity index (χ3v) is 9.46. The minimum Gasteiger partial charge on any atom is -0.437 e. The van der Waals surface area contributed by atoms with Crippen LogP contribution >= 0.6 is 0 Å². The van der Waals surface area contributed by atoms with Crippen LogP contribution in [0, 0.1) is 27.7 Å². The maximum atomic E-state index is 6.37. The van der Waals surface area contributed by atoms with Crippen molar-refractivity contribution in [3.63, 3.8) is 0 Å². The number of hydrogen-bond acceptors (Lipinski definition) is 4. The molecule has 0 bridgehead atoms. The van der Waals surface area contributed by atoms with E-state index >= 15 is 0 Å². The van der Waals surface area contributed by atoms with Gasteiger partial charge in [0.05, 0.1) is 19.3 Å². The van der Waals surface area contributed by atoms with Crippen LogP contribution in [0.5, 0.6) is 0 Å². The number of rotatable bonds is 2. The summed E-state index contributed by atoms with van der Waals surface area (Å²) in [5.41, 5.74) is 9.23. The first-order valence-corrected chi connectivity index (χ1v) is 15.6. The van der Waals surface area contributed by atoms with Crippen molar-refractivity contribution in [1.82, 2.24) is 15.0 Å². The van der Waals surface area contributed by atoms with Crippen LogP contribution in [0.2, 0.25) is 19.6 Å². The molecule has 35 heavy (non-hydrogen) atoms. The zero-order valence-electron chi connectivity index (χ0n) is 21.4. The molecule has 0 saturated heterocycles. The van der Waals surface area contributed by atoms with E-state index in [1.807, 2.05) is 13.0 Å². The van der Waals surface area contributed by atoms with Gasteiger partial charge in [0.25, 0.3) is 0 Å². The average Bonchev–Trinajstić information content (AvgIpc) is 3.17. The number of hydrogen-bond donors (Lipinski definition) is 0. The first-order chi connectivity index (χ1) is 16.6. The van der Waals surface area contributed by atoms with Gasteiger partial charge in [-0.3, -0.25) is 0 Å². The summed E-state index contributed by atoms with van der Waals surface area (Å²) in [6, 6.07) is 15.1. The van der Waals surface area contributed by atoms with Gasteiger partial charge in [0.15, 0.2) is 0 Å². The number of benzene rings is 3. The number of aryl methyl sites for hydroxylation is 4. The predicted molar refractivity (Wildman–Crippen MR) is 149 cm³/mol. The largest absolute Gasteiger partial charge is 0.437 e. The molecule has 0 amide bonds. The molecule has 3 aromatic carbocycles. The van der Waals surface area contributed by atoms with E-state index in [4.69, 9.17) is 14.4 Å². The highest BCUT2D eigenvalue weighted by atomic mass is 28.3. The highest BCUT2D eigenvalue weighted by Gasteiger charge is 2.24. The summed E-state index contributed by atoms with van der Waals surface area (Å²) >= 11 is 0. The number of furan rings is 1. The molecule has 0 N–H and O–H groups in total. The molecule has 174 valence electrons. The monoisotopic (exact) mass is 475 g/mol. The first-order valence-electron chi connectivity index (χ1n) is 12.1. The molecule has 0 spiro atoms. The lowest BCUT2D eigenvalue weighted by molar-refractivity contribution is 0.653.